The Morgan fingerprint density at radius 3 is 2.05 bits per heavy atom. The second kappa shape index (κ2) is 7.93. The Labute approximate surface area is 129 Å². The lowest BCUT2D eigenvalue weighted by Gasteiger charge is -2.15. The number of nitrogens with zero attached hydrogens (tertiary/aromatic N) is 1. The van der Waals surface area contributed by atoms with Gasteiger partial charge in [-0.15, -0.1) is 0 Å². The Morgan fingerprint density at radius 2 is 1.68 bits per heavy atom. The molecule has 6 nitrogen and oxygen atoms in total. The van der Waals surface area contributed by atoms with E-state index in [2.05, 4.69) is 0 Å². The average molecular weight is 305 g/mol. The lowest BCUT2D eigenvalue weighted by atomic mass is 10.0. The minimum absolute atomic E-state index is 0.0591. The molecular formula is C16H19NO5. The smallest absolute Gasteiger partial charge is 0.349 e. The van der Waals surface area contributed by atoms with Crippen molar-refractivity contribution in [1.82, 2.24) is 0 Å². The number of hydrogen-bond acceptors (Lipinski definition) is 6. The molecule has 1 aromatic rings. The standard InChI is InChI=1S/C16H19NO5/c1-6-22-16(18)12(9-17)10(2)11-7-13(19-3)15(21-5)14(8-11)20-4/h7-8H,6H2,1-5H3/b12-10-. The van der Waals surface area contributed by atoms with E-state index in [1.807, 2.05) is 6.07 Å². The van der Waals surface area contributed by atoms with Crippen LogP contribution in [0.3, 0.4) is 0 Å². The van der Waals surface area contributed by atoms with Crippen LogP contribution in [0.5, 0.6) is 17.2 Å². The largest absolute Gasteiger partial charge is 0.493 e. The van der Waals surface area contributed by atoms with Crippen LogP contribution in [-0.2, 0) is 9.53 Å². The molecule has 0 saturated heterocycles. The first-order chi connectivity index (χ1) is 10.5. The third-order valence-electron chi connectivity index (χ3n) is 3.06. The van der Waals surface area contributed by atoms with E-state index in [1.54, 1.807) is 26.0 Å². The molecule has 1 rings (SSSR count). The van der Waals surface area contributed by atoms with Crippen molar-refractivity contribution in [2.75, 3.05) is 27.9 Å². The molecule has 0 aromatic heterocycles. The summed E-state index contributed by atoms with van der Waals surface area (Å²) in [5, 5.41) is 9.21. The van der Waals surface area contributed by atoms with E-state index >= 15 is 0 Å². The molecule has 0 fully saturated rings. The Kier molecular flexibility index (Phi) is 6.26. The second-order valence-corrected chi connectivity index (χ2v) is 4.25. The van der Waals surface area contributed by atoms with Gasteiger partial charge in [0, 0.05) is 0 Å². The monoisotopic (exact) mass is 305 g/mol. The number of rotatable bonds is 6. The number of esters is 1. The highest BCUT2D eigenvalue weighted by Gasteiger charge is 2.19. The summed E-state index contributed by atoms with van der Waals surface area (Å²) in [6, 6.07) is 5.23. The number of methoxy groups -OCH3 is 3. The first-order valence-electron chi connectivity index (χ1n) is 6.62. The highest BCUT2D eigenvalue weighted by atomic mass is 16.5. The summed E-state index contributed by atoms with van der Waals surface area (Å²) in [6.07, 6.45) is 0. The van der Waals surface area contributed by atoms with Gasteiger partial charge in [0.25, 0.3) is 0 Å². The molecule has 0 saturated carbocycles. The summed E-state index contributed by atoms with van der Waals surface area (Å²) in [4.78, 5) is 11.8. The molecule has 0 aliphatic carbocycles. The SMILES string of the molecule is CCOC(=O)/C(C#N)=C(/C)c1cc(OC)c(OC)c(OC)c1. The third kappa shape index (κ3) is 3.50. The van der Waals surface area contributed by atoms with Crippen molar-refractivity contribution in [3.8, 4) is 23.3 Å². The molecule has 0 bridgehead atoms. The highest BCUT2D eigenvalue weighted by molar-refractivity contribution is 6.01. The van der Waals surface area contributed by atoms with Gasteiger partial charge in [0.2, 0.25) is 5.75 Å². The Bertz CT molecular complexity index is 603. The van der Waals surface area contributed by atoms with Gasteiger partial charge in [-0.2, -0.15) is 5.26 Å². The fourth-order valence-electron chi connectivity index (χ4n) is 1.93. The van der Waals surface area contributed by atoms with Crippen LogP contribution in [0, 0.1) is 11.3 Å². The maximum atomic E-state index is 11.8. The van der Waals surface area contributed by atoms with Crippen molar-refractivity contribution in [1.29, 1.82) is 5.26 Å². The number of carbonyl (C=O) groups is 1. The van der Waals surface area contributed by atoms with E-state index in [9.17, 15) is 10.1 Å². The van der Waals surface area contributed by atoms with E-state index in [0.717, 1.165) is 0 Å². The van der Waals surface area contributed by atoms with Crippen LogP contribution in [0.15, 0.2) is 17.7 Å². The van der Waals surface area contributed by atoms with Gasteiger partial charge in [-0.3, -0.25) is 0 Å². The predicted molar refractivity (Wildman–Crippen MR) is 80.9 cm³/mol. The van der Waals surface area contributed by atoms with Crippen molar-refractivity contribution >= 4 is 11.5 Å². The molecule has 0 aliphatic rings. The van der Waals surface area contributed by atoms with Crippen molar-refractivity contribution < 1.29 is 23.7 Å². The maximum Gasteiger partial charge on any atom is 0.349 e. The molecule has 0 amide bonds. The average Bonchev–Trinajstić information content (AvgIpc) is 2.54. The van der Waals surface area contributed by atoms with Crippen LogP contribution in [0.1, 0.15) is 19.4 Å². The first kappa shape index (κ1) is 17.4. The van der Waals surface area contributed by atoms with E-state index in [1.165, 1.54) is 21.3 Å². The molecule has 0 aliphatic heterocycles. The van der Waals surface area contributed by atoms with Crippen LogP contribution in [0.4, 0.5) is 0 Å². The minimum Gasteiger partial charge on any atom is -0.493 e. The van der Waals surface area contributed by atoms with Crippen LogP contribution in [-0.4, -0.2) is 33.9 Å². The van der Waals surface area contributed by atoms with Gasteiger partial charge in [-0.25, -0.2) is 4.79 Å². The molecule has 0 radical (unpaired) electrons. The molecule has 0 unspecified atom stereocenters. The second-order valence-electron chi connectivity index (χ2n) is 4.25. The van der Waals surface area contributed by atoms with Crippen LogP contribution >= 0.6 is 0 Å². The van der Waals surface area contributed by atoms with E-state index < -0.39 is 5.97 Å². The lowest BCUT2D eigenvalue weighted by molar-refractivity contribution is -0.137. The zero-order valence-electron chi connectivity index (χ0n) is 13.4. The summed E-state index contributed by atoms with van der Waals surface area (Å²) in [5.41, 5.74) is 1.02. The van der Waals surface area contributed by atoms with Crippen molar-refractivity contribution in [3.05, 3.63) is 23.3 Å². The number of allylic oxidation sites excluding steroid dienone is 1. The summed E-state index contributed by atoms with van der Waals surface area (Å²) in [5.74, 6) is 0.669. The summed E-state index contributed by atoms with van der Waals surface area (Å²) < 4.78 is 20.7. The lowest BCUT2D eigenvalue weighted by Crippen LogP contribution is -2.08. The molecule has 0 N–H and O–H groups in total. The van der Waals surface area contributed by atoms with Crippen LogP contribution in [0.25, 0.3) is 5.57 Å². The summed E-state index contributed by atoms with van der Waals surface area (Å²) in [6.45, 7) is 3.55. The molecule has 6 heteroatoms. The highest BCUT2D eigenvalue weighted by Crippen LogP contribution is 2.40. The van der Waals surface area contributed by atoms with Gasteiger partial charge in [0.1, 0.15) is 11.6 Å². The van der Waals surface area contributed by atoms with Gasteiger partial charge in [0.05, 0.1) is 27.9 Å². The molecule has 118 valence electrons. The topological polar surface area (TPSA) is 77.8 Å². The Hall–Kier alpha value is -2.68. The predicted octanol–water partition coefficient (Wildman–Crippen LogP) is 2.57. The molecular weight excluding hydrogens is 286 g/mol. The minimum atomic E-state index is -0.656. The fraction of sp³-hybridized carbons (Fsp3) is 0.375. The van der Waals surface area contributed by atoms with Crippen LogP contribution < -0.4 is 14.2 Å². The first-order valence-corrected chi connectivity index (χ1v) is 6.62. The molecule has 0 spiro atoms. The number of ether oxygens (including phenoxy) is 4. The fourth-order valence-corrected chi connectivity index (χ4v) is 1.93. The summed E-state index contributed by atoms with van der Waals surface area (Å²) in [7, 11) is 4.50. The third-order valence-corrected chi connectivity index (χ3v) is 3.06. The molecule has 22 heavy (non-hydrogen) atoms. The van der Waals surface area contributed by atoms with Gasteiger partial charge in [0.15, 0.2) is 11.5 Å². The molecule has 0 heterocycles. The number of carbonyl (C=O) groups excluding carboxylic acids is 1. The zero-order chi connectivity index (χ0) is 16.7. The van der Waals surface area contributed by atoms with Crippen molar-refractivity contribution in [2.45, 2.75) is 13.8 Å². The molecule has 1 aromatic carbocycles. The van der Waals surface area contributed by atoms with Gasteiger partial charge in [-0.1, -0.05) is 0 Å². The van der Waals surface area contributed by atoms with E-state index in [0.29, 0.717) is 28.4 Å². The van der Waals surface area contributed by atoms with Crippen molar-refractivity contribution in [2.24, 2.45) is 0 Å². The zero-order valence-corrected chi connectivity index (χ0v) is 13.4. The quantitative estimate of drug-likeness (QED) is 0.456. The normalized spacial score (nSPS) is 11.1. The van der Waals surface area contributed by atoms with Crippen molar-refractivity contribution in [3.63, 3.8) is 0 Å². The maximum absolute atomic E-state index is 11.8. The number of nitriles is 1. The van der Waals surface area contributed by atoms with E-state index in [-0.39, 0.29) is 12.2 Å². The number of hydrogen-bond donors (Lipinski definition) is 0. The Balaban J connectivity index is 3.48. The van der Waals surface area contributed by atoms with Gasteiger partial charge < -0.3 is 18.9 Å². The van der Waals surface area contributed by atoms with E-state index in [4.69, 9.17) is 18.9 Å². The number of benzene rings is 1. The van der Waals surface area contributed by atoms with Crippen LogP contribution in [0.2, 0.25) is 0 Å². The van der Waals surface area contributed by atoms with Gasteiger partial charge >= 0.3 is 5.97 Å². The Morgan fingerprint density at radius 1 is 1.14 bits per heavy atom. The summed E-state index contributed by atoms with van der Waals surface area (Å²) >= 11 is 0. The molecule has 0 atom stereocenters. The van der Waals surface area contributed by atoms with Gasteiger partial charge in [-0.05, 0) is 37.1 Å².